The maximum atomic E-state index is 13.1. The molecule has 1 aromatic heterocycles. The molecule has 3 aromatic rings. The molecule has 2 aromatic carbocycles. The van der Waals surface area contributed by atoms with Gasteiger partial charge in [-0.15, -0.1) is 0 Å². The van der Waals surface area contributed by atoms with E-state index in [1.807, 2.05) is 23.9 Å². The minimum atomic E-state index is -3.71. The number of aromatic nitrogens is 1. The predicted octanol–water partition coefficient (Wildman–Crippen LogP) is 3.83. The normalized spacial score (nSPS) is 11.6. The molecule has 0 spiro atoms. The fraction of sp³-hybridized carbons (Fsp3) is 0.111. The minimum absolute atomic E-state index is 0.103. The lowest BCUT2D eigenvalue weighted by Gasteiger charge is -2.10. The van der Waals surface area contributed by atoms with E-state index in [9.17, 15) is 12.8 Å². The average molecular weight is 345 g/mol. The van der Waals surface area contributed by atoms with Crippen molar-refractivity contribution in [2.24, 2.45) is 7.05 Å². The fourth-order valence-electron chi connectivity index (χ4n) is 2.63. The molecule has 0 bridgehead atoms. The van der Waals surface area contributed by atoms with Crippen LogP contribution in [0.25, 0.3) is 22.4 Å². The summed E-state index contributed by atoms with van der Waals surface area (Å²) < 4.78 is 43.0. The van der Waals surface area contributed by atoms with Crippen molar-refractivity contribution >= 4 is 10.1 Å². The SMILES string of the molecule is COS(=O)(=O)c1ccc(-c2c(-c3ccc(F)cc3)ccn2C)cc1. The molecule has 0 saturated heterocycles. The van der Waals surface area contributed by atoms with Crippen molar-refractivity contribution in [1.29, 1.82) is 0 Å². The number of hydrogen-bond donors (Lipinski definition) is 0. The first-order chi connectivity index (χ1) is 11.4. The van der Waals surface area contributed by atoms with Crippen molar-refractivity contribution in [1.82, 2.24) is 4.57 Å². The third-order valence-corrected chi connectivity index (χ3v) is 5.15. The van der Waals surface area contributed by atoms with Crippen molar-refractivity contribution in [2.75, 3.05) is 7.11 Å². The van der Waals surface area contributed by atoms with Crippen LogP contribution in [-0.4, -0.2) is 20.1 Å². The van der Waals surface area contributed by atoms with Gasteiger partial charge in [-0.1, -0.05) is 24.3 Å². The zero-order valence-corrected chi connectivity index (χ0v) is 14.0. The van der Waals surface area contributed by atoms with Gasteiger partial charge in [0.2, 0.25) is 0 Å². The molecule has 0 saturated carbocycles. The molecule has 0 amide bonds. The van der Waals surface area contributed by atoms with Gasteiger partial charge < -0.3 is 4.57 Å². The van der Waals surface area contributed by atoms with Crippen LogP contribution in [0.15, 0.2) is 65.7 Å². The molecule has 0 unspecified atom stereocenters. The largest absolute Gasteiger partial charge is 0.350 e. The smallest absolute Gasteiger partial charge is 0.296 e. The third-order valence-electron chi connectivity index (χ3n) is 3.86. The van der Waals surface area contributed by atoms with Gasteiger partial charge in [0.25, 0.3) is 10.1 Å². The molecule has 0 aliphatic carbocycles. The highest BCUT2D eigenvalue weighted by molar-refractivity contribution is 7.86. The predicted molar refractivity (Wildman–Crippen MR) is 90.4 cm³/mol. The first-order valence-corrected chi connectivity index (χ1v) is 8.65. The highest BCUT2D eigenvalue weighted by Gasteiger charge is 2.15. The van der Waals surface area contributed by atoms with Crippen LogP contribution in [0, 0.1) is 5.82 Å². The summed E-state index contributed by atoms with van der Waals surface area (Å²) in [5, 5.41) is 0. The highest BCUT2D eigenvalue weighted by atomic mass is 32.2. The Bertz CT molecular complexity index is 959. The van der Waals surface area contributed by atoms with Gasteiger partial charge in [-0.25, -0.2) is 4.39 Å². The maximum absolute atomic E-state index is 13.1. The molecule has 0 atom stereocenters. The Morgan fingerprint density at radius 1 is 0.917 bits per heavy atom. The second kappa shape index (κ2) is 6.22. The standard InChI is InChI=1S/C18H16FNO3S/c1-20-12-11-17(13-3-7-15(19)8-4-13)18(20)14-5-9-16(10-6-14)24(21,22)23-2/h3-12H,1-2H3. The third kappa shape index (κ3) is 2.98. The molecule has 6 heteroatoms. The van der Waals surface area contributed by atoms with E-state index in [2.05, 4.69) is 4.18 Å². The van der Waals surface area contributed by atoms with Crippen molar-refractivity contribution in [2.45, 2.75) is 4.90 Å². The molecule has 0 radical (unpaired) electrons. The summed E-state index contributed by atoms with van der Waals surface area (Å²) >= 11 is 0. The van der Waals surface area contributed by atoms with E-state index >= 15 is 0 Å². The lowest BCUT2D eigenvalue weighted by molar-refractivity contribution is 0.398. The molecule has 4 nitrogen and oxygen atoms in total. The van der Waals surface area contributed by atoms with E-state index in [1.54, 1.807) is 24.3 Å². The lowest BCUT2D eigenvalue weighted by Crippen LogP contribution is -2.02. The summed E-state index contributed by atoms with van der Waals surface area (Å²) in [6.07, 6.45) is 1.91. The second-order valence-electron chi connectivity index (χ2n) is 5.34. The minimum Gasteiger partial charge on any atom is -0.350 e. The zero-order valence-electron chi connectivity index (χ0n) is 13.2. The molecule has 0 fully saturated rings. The Balaban J connectivity index is 2.07. The summed E-state index contributed by atoms with van der Waals surface area (Å²) in [6.45, 7) is 0. The van der Waals surface area contributed by atoms with Crippen LogP contribution in [0.1, 0.15) is 0 Å². The monoisotopic (exact) mass is 345 g/mol. The topological polar surface area (TPSA) is 48.3 Å². The van der Waals surface area contributed by atoms with Gasteiger partial charge in [0, 0.05) is 18.8 Å². The van der Waals surface area contributed by atoms with Crippen LogP contribution in [0.4, 0.5) is 4.39 Å². The van der Waals surface area contributed by atoms with Crippen molar-refractivity contribution in [3.63, 3.8) is 0 Å². The summed E-state index contributed by atoms with van der Waals surface area (Å²) in [6, 6.07) is 14.7. The Morgan fingerprint density at radius 3 is 2.08 bits per heavy atom. The van der Waals surface area contributed by atoms with E-state index < -0.39 is 10.1 Å². The van der Waals surface area contributed by atoms with E-state index in [1.165, 1.54) is 24.3 Å². The van der Waals surface area contributed by atoms with E-state index in [0.29, 0.717) is 0 Å². The van der Waals surface area contributed by atoms with Gasteiger partial charge in [-0.3, -0.25) is 4.18 Å². The van der Waals surface area contributed by atoms with Gasteiger partial charge in [0.1, 0.15) is 5.82 Å². The molecule has 0 aliphatic rings. The van der Waals surface area contributed by atoms with Gasteiger partial charge in [0.15, 0.2) is 0 Å². The number of nitrogens with zero attached hydrogens (tertiary/aromatic N) is 1. The second-order valence-corrected chi connectivity index (χ2v) is 7.05. The summed E-state index contributed by atoms with van der Waals surface area (Å²) in [5.74, 6) is -0.287. The van der Waals surface area contributed by atoms with Gasteiger partial charge in [-0.2, -0.15) is 8.42 Å². The summed E-state index contributed by atoms with van der Waals surface area (Å²) in [7, 11) is -0.672. The molecular weight excluding hydrogens is 329 g/mol. The van der Waals surface area contributed by atoms with Crippen LogP contribution in [0.2, 0.25) is 0 Å². The number of benzene rings is 2. The molecule has 0 N–H and O–H groups in total. The highest BCUT2D eigenvalue weighted by Crippen LogP contribution is 2.33. The van der Waals surface area contributed by atoms with Crippen LogP contribution < -0.4 is 0 Å². The van der Waals surface area contributed by atoms with Gasteiger partial charge >= 0.3 is 0 Å². The maximum Gasteiger partial charge on any atom is 0.296 e. The zero-order chi connectivity index (χ0) is 17.3. The molecule has 3 rings (SSSR count). The molecular formula is C18H16FNO3S. The van der Waals surface area contributed by atoms with Crippen LogP contribution in [0.5, 0.6) is 0 Å². The number of halogens is 1. The molecule has 124 valence electrons. The van der Waals surface area contributed by atoms with Gasteiger partial charge in [-0.05, 0) is 41.5 Å². The molecule has 0 aliphatic heterocycles. The number of aryl methyl sites for hydroxylation is 1. The van der Waals surface area contributed by atoms with Crippen molar-refractivity contribution in [3.8, 4) is 22.4 Å². The van der Waals surface area contributed by atoms with Crippen molar-refractivity contribution < 1.29 is 17.0 Å². The Kier molecular flexibility index (Phi) is 4.26. The van der Waals surface area contributed by atoms with Gasteiger partial charge in [0.05, 0.1) is 17.7 Å². The van der Waals surface area contributed by atoms with Crippen LogP contribution in [-0.2, 0) is 21.3 Å². The average Bonchev–Trinajstić information content (AvgIpc) is 2.97. The Hall–Kier alpha value is -2.44. The first kappa shape index (κ1) is 16.4. The first-order valence-electron chi connectivity index (χ1n) is 7.25. The molecule has 1 heterocycles. The van der Waals surface area contributed by atoms with E-state index in [0.717, 1.165) is 29.5 Å². The number of rotatable bonds is 4. The Morgan fingerprint density at radius 2 is 1.50 bits per heavy atom. The van der Waals surface area contributed by atoms with Crippen molar-refractivity contribution in [3.05, 3.63) is 66.6 Å². The molecule has 24 heavy (non-hydrogen) atoms. The fourth-order valence-corrected chi connectivity index (χ4v) is 3.29. The van der Waals surface area contributed by atoms with E-state index in [-0.39, 0.29) is 10.7 Å². The van der Waals surface area contributed by atoms with Crippen LogP contribution in [0.3, 0.4) is 0 Å². The van der Waals surface area contributed by atoms with Crippen LogP contribution >= 0.6 is 0 Å². The Labute approximate surface area is 140 Å². The summed E-state index contributed by atoms with van der Waals surface area (Å²) in [5.41, 5.74) is 3.61. The number of hydrogen-bond acceptors (Lipinski definition) is 3. The lowest BCUT2D eigenvalue weighted by atomic mass is 10.0. The van der Waals surface area contributed by atoms with E-state index in [4.69, 9.17) is 0 Å². The summed E-state index contributed by atoms with van der Waals surface area (Å²) in [4.78, 5) is 0.103. The quantitative estimate of drug-likeness (QED) is 0.675.